The number of nitrogens with zero attached hydrogens (tertiary/aromatic N) is 3. The molecule has 0 amide bonds. The van der Waals surface area contributed by atoms with E-state index in [-0.39, 0.29) is 10.7 Å². The van der Waals surface area contributed by atoms with E-state index in [2.05, 4.69) is 9.38 Å². The second-order valence-electron chi connectivity index (χ2n) is 3.73. The van der Waals surface area contributed by atoms with Gasteiger partial charge in [-0.2, -0.15) is 12.8 Å². The highest BCUT2D eigenvalue weighted by Gasteiger charge is 2.12. The van der Waals surface area contributed by atoms with Gasteiger partial charge < -0.3 is 0 Å². The van der Waals surface area contributed by atoms with Crippen LogP contribution >= 0.6 is 0 Å². The molecule has 0 aliphatic carbocycles. The van der Waals surface area contributed by atoms with Gasteiger partial charge in [0.2, 0.25) is 0 Å². The fourth-order valence-corrected chi connectivity index (χ4v) is 2.18. The summed E-state index contributed by atoms with van der Waals surface area (Å²) in [5.74, 6) is 0. The lowest BCUT2D eigenvalue weighted by Crippen LogP contribution is -2.00. The van der Waals surface area contributed by atoms with Crippen LogP contribution in [0, 0.1) is 10.1 Å². The van der Waals surface area contributed by atoms with E-state index in [1.165, 1.54) is 36.5 Å². The lowest BCUT2D eigenvalue weighted by atomic mass is 10.2. The van der Waals surface area contributed by atoms with Crippen LogP contribution in [0.4, 0.5) is 5.69 Å². The standard InChI is InChI=1S/C12H9N3O4S/c16-15(17)11-6-4-10(5-7-11)9-14-20(18,19)12-3-1-2-8-13-12/h1-9H. The third-order valence-electron chi connectivity index (χ3n) is 2.35. The van der Waals surface area contributed by atoms with Crippen LogP contribution in [0.2, 0.25) is 0 Å². The molecule has 0 unspecified atom stereocenters. The highest BCUT2D eigenvalue weighted by molar-refractivity contribution is 7.90. The van der Waals surface area contributed by atoms with Gasteiger partial charge in [0.05, 0.1) is 4.92 Å². The largest absolute Gasteiger partial charge is 0.299 e. The van der Waals surface area contributed by atoms with Crippen LogP contribution in [0.5, 0.6) is 0 Å². The van der Waals surface area contributed by atoms with Crippen molar-refractivity contribution in [1.82, 2.24) is 4.98 Å². The summed E-state index contributed by atoms with van der Waals surface area (Å²) < 4.78 is 27.1. The summed E-state index contributed by atoms with van der Waals surface area (Å²) >= 11 is 0. The van der Waals surface area contributed by atoms with Crippen LogP contribution in [-0.4, -0.2) is 24.5 Å². The molecule has 0 aliphatic heterocycles. The fourth-order valence-electron chi connectivity index (χ4n) is 1.37. The molecule has 0 saturated heterocycles. The van der Waals surface area contributed by atoms with E-state index < -0.39 is 14.9 Å². The quantitative estimate of drug-likeness (QED) is 0.485. The maximum Gasteiger partial charge on any atom is 0.299 e. The monoisotopic (exact) mass is 291 g/mol. The minimum Gasteiger partial charge on any atom is -0.258 e. The Morgan fingerprint density at radius 3 is 2.40 bits per heavy atom. The molecule has 0 aliphatic rings. The van der Waals surface area contributed by atoms with Gasteiger partial charge in [0.25, 0.3) is 15.7 Å². The highest BCUT2D eigenvalue weighted by atomic mass is 32.2. The second kappa shape index (κ2) is 5.57. The molecule has 2 aromatic rings. The summed E-state index contributed by atoms with van der Waals surface area (Å²) in [7, 11) is -3.86. The Morgan fingerprint density at radius 1 is 1.15 bits per heavy atom. The van der Waals surface area contributed by atoms with Crippen LogP contribution < -0.4 is 0 Å². The molecule has 0 bridgehead atoms. The lowest BCUT2D eigenvalue weighted by Gasteiger charge is -1.96. The first-order valence-electron chi connectivity index (χ1n) is 5.45. The van der Waals surface area contributed by atoms with Gasteiger partial charge in [0, 0.05) is 24.5 Å². The van der Waals surface area contributed by atoms with E-state index in [0.717, 1.165) is 6.21 Å². The average molecular weight is 291 g/mol. The smallest absolute Gasteiger partial charge is 0.258 e. The van der Waals surface area contributed by atoms with Crippen molar-refractivity contribution in [1.29, 1.82) is 0 Å². The maximum absolute atomic E-state index is 11.8. The number of pyridine rings is 1. The van der Waals surface area contributed by atoms with Crippen molar-refractivity contribution in [2.24, 2.45) is 4.40 Å². The Hall–Kier alpha value is -2.61. The van der Waals surface area contributed by atoms with E-state index in [1.807, 2.05) is 0 Å². The Morgan fingerprint density at radius 2 is 1.85 bits per heavy atom. The first kappa shape index (κ1) is 13.8. The Labute approximate surface area is 114 Å². The van der Waals surface area contributed by atoms with Gasteiger partial charge in [-0.05, 0) is 29.8 Å². The molecule has 2 rings (SSSR count). The van der Waals surface area contributed by atoms with E-state index >= 15 is 0 Å². The minimum absolute atomic E-state index is 0.0743. The molecule has 1 aromatic heterocycles. The number of benzene rings is 1. The van der Waals surface area contributed by atoms with Gasteiger partial charge in [0.15, 0.2) is 5.03 Å². The first-order chi connectivity index (χ1) is 9.49. The number of sulfonamides is 1. The van der Waals surface area contributed by atoms with Crippen LogP contribution in [0.25, 0.3) is 0 Å². The molecule has 0 radical (unpaired) electrons. The van der Waals surface area contributed by atoms with Crippen molar-refractivity contribution >= 4 is 21.9 Å². The number of hydrogen-bond donors (Lipinski definition) is 0. The van der Waals surface area contributed by atoms with Crippen molar-refractivity contribution in [2.75, 3.05) is 0 Å². The summed E-state index contributed by atoms with van der Waals surface area (Å²) in [6.45, 7) is 0. The molecule has 1 aromatic carbocycles. The van der Waals surface area contributed by atoms with Gasteiger partial charge in [-0.25, -0.2) is 4.98 Å². The SMILES string of the molecule is O=[N+]([O-])c1ccc(C=NS(=O)(=O)c2ccccn2)cc1. The van der Waals surface area contributed by atoms with E-state index in [4.69, 9.17) is 0 Å². The molecule has 0 saturated carbocycles. The zero-order valence-electron chi connectivity index (χ0n) is 10.1. The predicted octanol–water partition coefficient (Wildman–Crippen LogP) is 1.80. The van der Waals surface area contributed by atoms with Crippen LogP contribution in [0.3, 0.4) is 0 Å². The lowest BCUT2D eigenvalue weighted by molar-refractivity contribution is -0.384. The summed E-state index contributed by atoms with van der Waals surface area (Å²) in [5, 5.41) is 10.3. The van der Waals surface area contributed by atoms with Gasteiger partial charge in [-0.1, -0.05) is 6.07 Å². The highest BCUT2D eigenvalue weighted by Crippen LogP contribution is 2.12. The van der Waals surface area contributed by atoms with Crippen LogP contribution in [-0.2, 0) is 10.0 Å². The van der Waals surface area contributed by atoms with E-state index in [0.29, 0.717) is 5.56 Å². The van der Waals surface area contributed by atoms with Gasteiger partial charge in [0.1, 0.15) is 0 Å². The van der Waals surface area contributed by atoms with Gasteiger partial charge >= 0.3 is 0 Å². The molecular formula is C12H9N3O4S. The Balaban J connectivity index is 2.23. The number of nitro benzene ring substituents is 1. The molecule has 0 fully saturated rings. The predicted molar refractivity (Wildman–Crippen MR) is 72.1 cm³/mol. The zero-order valence-corrected chi connectivity index (χ0v) is 10.9. The Kier molecular flexibility index (Phi) is 3.85. The van der Waals surface area contributed by atoms with Gasteiger partial charge in [-0.15, -0.1) is 0 Å². The van der Waals surface area contributed by atoms with Crippen LogP contribution in [0.1, 0.15) is 5.56 Å². The normalized spacial score (nSPS) is 11.6. The molecule has 8 heteroatoms. The second-order valence-corrected chi connectivity index (χ2v) is 5.31. The third-order valence-corrected chi connectivity index (χ3v) is 3.50. The summed E-state index contributed by atoms with van der Waals surface area (Å²) in [6, 6.07) is 9.84. The first-order valence-corrected chi connectivity index (χ1v) is 6.89. The zero-order chi connectivity index (χ0) is 14.6. The number of non-ortho nitro benzene ring substituents is 1. The summed E-state index contributed by atoms with van der Waals surface area (Å²) in [5.41, 5.74) is 0.366. The maximum atomic E-state index is 11.8. The molecule has 0 N–H and O–H groups in total. The van der Waals surface area contributed by atoms with Crippen molar-refractivity contribution in [3.05, 3.63) is 64.3 Å². The molecule has 0 atom stereocenters. The van der Waals surface area contributed by atoms with Crippen LogP contribution in [0.15, 0.2) is 58.1 Å². The van der Waals surface area contributed by atoms with Gasteiger partial charge in [-0.3, -0.25) is 10.1 Å². The molecular weight excluding hydrogens is 282 g/mol. The number of hydrogen-bond acceptors (Lipinski definition) is 5. The summed E-state index contributed by atoms with van der Waals surface area (Å²) in [6.07, 6.45) is 2.47. The molecule has 1 heterocycles. The number of nitro groups is 1. The summed E-state index contributed by atoms with van der Waals surface area (Å²) in [4.78, 5) is 13.7. The number of rotatable bonds is 4. The van der Waals surface area contributed by atoms with E-state index in [9.17, 15) is 18.5 Å². The number of aromatic nitrogens is 1. The fraction of sp³-hybridized carbons (Fsp3) is 0. The Bertz CT molecular complexity index is 740. The topological polar surface area (TPSA) is 103 Å². The molecule has 102 valence electrons. The molecule has 20 heavy (non-hydrogen) atoms. The van der Waals surface area contributed by atoms with Crippen molar-refractivity contribution in [2.45, 2.75) is 5.03 Å². The molecule has 7 nitrogen and oxygen atoms in total. The van der Waals surface area contributed by atoms with E-state index in [1.54, 1.807) is 12.1 Å². The van der Waals surface area contributed by atoms with Crippen molar-refractivity contribution in [3.63, 3.8) is 0 Å². The van der Waals surface area contributed by atoms with Crippen molar-refractivity contribution in [3.8, 4) is 0 Å². The average Bonchev–Trinajstić information content (AvgIpc) is 2.46. The minimum atomic E-state index is -3.86. The third kappa shape index (κ3) is 3.23. The van der Waals surface area contributed by atoms with Crippen molar-refractivity contribution < 1.29 is 13.3 Å². The molecule has 0 spiro atoms.